The summed E-state index contributed by atoms with van der Waals surface area (Å²) in [6, 6.07) is 5.61. The Labute approximate surface area is 138 Å². The van der Waals surface area contributed by atoms with Crippen molar-refractivity contribution in [2.24, 2.45) is 0 Å². The van der Waals surface area contributed by atoms with Crippen LogP contribution in [0, 0.1) is 13.8 Å². The normalized spacial score (nSPS) is 10.5. The molecule has 0 aliphatic rings. The average molecular weight is 370 g/mol. The first-order valence-corrected chi connectivity index (χ1v) is 7.99. The molecule has 0 amide bonds. The van der Waals surface area contributed by atoms with Gasteiger partial charge in [0.05, 0.1) is 5.69 Å². The van der Waals surface area contributed by atoms with Crippen LogP contribution in [0.3, 0.4) is 0 Å². The van der Waals surface area contributed by atoms with Gasteiger partial charge in [0.15, 0.2) is 0 Å². The molecule has 1 aromatic heterocycles. The molecule has 0 saturated carbocycles. The number of benzene rings is 1. The topological polar surface area (TPSA) is 49.8 Å². The number of nitrogens with zero attached hydrogens (tertiary/aromatic N) is 2. The molecule has 0 unspecified atom stereocenters. The molecule has 0 fully saturated rings. The maximum atomic E-state index is 5.97. The number of aromatic nitrogens is 2. The Morgan fingerprint density at radius 2 is 1.90 bits per heavy atom. The van der Waals surface area contributed by atoms with E-state index < -0.39 is 0 Å². The Bertz CT molecular complexity index is 646. The van der Waals surface area contributed by atoms with Crippen molar-refractivity contribution in [1.82, 2.24) is 9.97 Å². The first kappa shape index (κ1) is 16.0. The molecule has 0 aliphatic carbocycles. The van der Waals surface area contributed by atoms with Crippen LogP contribution in [0.25, 0.3) is 0 Å². The van der Waals surface area contributed by atoms with Gasteiger partial charge in [-0.2, -0.15) is 0 Å². The van der Waals surface area contributed by atoms with Gasteiger partial charge in [-0.3, -0.25) is 0 Å². The number of halogens is 2. The largest absolute Gasteiger partial charge is 0.370 e. The second kappa shape index (κ2) is 7.09. The molecule has 0 radical (unpaired) electrons. The Morgan fingerprint density at radius 1 is 1.19 bits per heavy atom. The quantitative estimate of drug-likeness (QED) is 0.772. The molecule has 0 bridgehead atoms. The predicted molar refractivity (Wildman–Crippen MR) is 92.7 cm³/mol. The zero-order valence-corrected chi connectivity index (χ0v) is 14.6. The van der Waals surface area contributed by atoms with E-state index in [1.807, 2.05) is 32.0 Å². The number of rotatable bonds is 5. The smallest absolute Gasteiger partial charge is 0.139 e. The van der Waals surface area contributed by atoms with E-state index in [0.717, 1.165) is 46.1 Å². The van der Waals surface area contributed by atoms with E-state index in [2.05, 4.69) is 43.5 Å². The van der Waals surface area contributed by atoms with E-state index in [1.54, 1.807) is 0 Å². The number of nitrogens with one attached hydrogen (secondary N) is 2. The van der Waals surface area contributed by atoms with Gasteiger partial charge in [0.1, 0.15) is 17.5 Å². The maximum Gasteiger partial charge on any atom is 0.139 e. The minimum atomic E-state index is 0.688. The molecular formula is C15H18BrClN4. The lowest BCUT2D eigenvalue weighted by molar-refractivity contribution is 0.948. The molecule has 112 valence electrons. The summed E-state index contributed by atoms with van der Waals surface area (Å²) in [6.07, 6.45) is 1.05. The number of hydrogen-bond donors (Lipinski definition) is 2. The maximum absolute atomic E-state index is 5.97. The zero-order chi connectivity index (χ0) is 15.4. The minimum Gasteiger partial charge on any atom is -0.370 e. The lowest BCUT2D eigenvalue weighted by atomic mass is 10.2. The summed E-state index contributed by atoms with van der Waals surface area (Å²) in [5.74, 6) is 2.40. The van der Waals surface area contributed by atoms with Crippen LogP contribution in [0.5, 0.6) is 0 Å². The lowest BCUT2D eigenvalue weighted by Gasteiger charge is -2.15. The molecule has 21 heavy (non-hydrogen) atoms. The summed E-state index contributed by atoms with van der Waals surface area (Å²) < 4.78 is 0.897. The Balaban J connectivity index is 2.32. The van der Waals surface area contributed by atoms with Crippen LogP contribution in [-0.4, -0.2) is 16.5 Å². The molecule has 1 aromatic carbocycles. The van der Waals surface area contributed by atoms with Gasteiger partial charge >= 0.3 is 0 Å². The molecule has 2 aromatic rings. The van der Waals surface area contributed by atoms with Crippen molar-refractivity contribution in [3.8, 4) is 0 Å². The Kier molecular flexibility index (Phi) is 5.42. The highest BCUT2D eigenvalue weighted by molar-refractivity contribution is 9.10. The van der Waals surface area contributed by atoms with Crippen LogP contribution < -0.4 is 10.6 Å². The third-order valence-corrected chi connectivity index (χ3v) is 3.88. The summed E-state index contributed by atoms with van der Waals surface area (Å²) in [7, 11) is 0. The van der Waals surface area contributed by atoms with Crippen LogP contribution in [0.1, 0.15) is 24.7 Å². The molecule has 0 saturated heterocycles. The van der Waals surface area contributed by atoms with Crippen molar-refractivity contribution >= 4 is 44.9 Å². The van der Waals surface area contributed by atoms with E-state index in [-0.39, 0.29) is 0 Å². The van der Waals surface area contributed by atoms with Crippen LogP contribution in [0.15, 0.2) is 22.7 Å². The molecule has 0 aliphatic heterocycles. The summed E-state index contributed by atoms with van der Waals surface area (Å²) in [6.45, 7) is 6.91. The van der Waals surface area contributed by atoms with Crippen molar-refractivity contribution in [1.29, 1.82) is 0 Å². The molecule has 2 N–H and O–H groups in total. The van der Waals surface area contributed by atoms with Gasteiger partial charge in [0.25, 0.3) is 0 Å². The van der Waals surface area contributed by atoms with Crippen LogP contribution in [0.4, 0.5) is 17.3 Å². The molecule has 0 spiro atoms. The summed E-state index contributed by atoms with van der Waals surface area (Å²) in [5, 5.41) is 7.35. The number of hydrogen-bond acceptors (Lipinski definition) is 4. The predicted octanol–water partition coefficient (Wildman–Crippen LogP) is 5.07. The highest BCUT2D eigenvalue weighted by atomic mass is 79.9. The number of anilines is 3. The van der Waals surface area contributed by atoms with Crippen LogP contribution in [-0.2, 0) is 0 Å². The third-order valence-electron chi connectivity index (χ3n) is 2.98. The average Bonchev–Trinajstić information content (AvgIpc) is 2.43. The SMILES string of the molecule is CCCNc1nc(C)nc(Nc2ccc(Cl)cc2Br)c1C. The van der Waals surface area contributed by atoms with E-state index in [9.17, 15) is 0 Å². The third kappa shape index (κ3) is 4.08. The van der Waals surface area contributed by atoms with Crippen molar-refractivity contribution in [2.45, 2.75) is 27.2 Å². The summed E-state index contributed by atoms with van der Waals surface area (Å²) >= 11 is 9.47. The van der Waals surface area contributed by atoms with Crippen LogP contribution in [0.2, 0.25) is 5.02 Å². The van der Waals surface area contributed by atoms with Gasteiger partial charge in [0, 0.05) is 21.6 Å². The molecular weight excluding hydrogens is 352 g/mol. The lowest BCUT2D eigenvalue weighted by Crippen LogP contribution is -2.09. The zero-order valence-electron chi connectivity index (χ0n) is 12.3. The Morgan fingerprint density at radius 3 is 2.57 bits per heavy atom. The van der Waals surface area contributed by atoms with E-state index in [4.69, 9.17) is 11.6 Å². The standard InChI is InChI=1S/C15H18BrClN4/c1-4-7-18-14-9(2)15(20-10(3)19-14)21-13-6-5-11(17)8-12(13)16/h5-6,8H,4,7H2,1-3H3,(H2,18,19,20,21). The van der Waals surface area contributed by atoms with Gasteiger partial charge in [-0.15, -0.1) is 0 Å². The summed E-state index contributed by atoms with van der Waals surface area (Å²) in [4.78, 5) is 8.94. The Hall–Kier alpha value is -1.33. The molecule has 6 heteroatoms. The highest BCUT2D eigenvalue weighted by Crippen LogP contribution is 2.30. The van der Waals surface area contributed by atoms with Crippen molar-refractivity contribution in [3.05, 3.63) is 39.1 Å². The first-order chi connectivity index (χ1) is 10.0. The van der Waals surface area contributed by atoms with Crippen molar-refractivity contribution in [2.75, 3.05) is 17.2 Å². The van der Waals surface area contributed by atoms with Gasteiger partial charge in [-0.05, 0) is 54.4 Å². The van der Waals surface area contributed by atoms with Crippen LogP contribution >= 0.6 is 27.5 Å². The fourth-order valence-corrected chi connectivity index (χ4v) is 2.67. The highest BCUT2D eigenvalue weighted by Gasteiger charge is 2.10. The van der Waals surface area contributed by atoms with Gasteiger partial charge in [-0.1, -0.05) is 18.5 Å². The van der Waals surface area contributed by atoms with E-state index in [1.165, 1.54) is 0 Å². The first-order valence-electron chi connectivity index (χ1n) is 6.82. The van der Waals surface area contributed by atoms with Gasteiger partial charge in [0.2, 0.25) is 0 Å². The number of aryl methyl sites for hydroxylation is 1. The second-order valence-electron chi connectivity index (χ2n) is 4.77. The fraction of sp³-hybridized carbons (Fsp3) is 0.333. The second-order valence-corrected chi connectivity index (χ2v) is 6.06. The van der Waals surface area contributed by atoms with E-state index >= 15 is 0 Å². The monoisotopic (exact) mass is 368 g/mol. The molecule has 1 heterocycles. The molecule has 2 rings (SSSR count). The van der Waals surface area contributed by atoms with Gasteiger partial charge < -0.3 is 10.6 Å². The fourth-order valence-electron chi connectivity index (χ4n) is 1.88. The van der Waals surface area contributed by atoms with Crippen molar-refractivity contribution < 1.29 is 0 Å². The minimum absolute atomic E-state index is 0.688. The molecule has 0 atom stereocenters. The van der Waals surface area contributed by atoms with Crippen molar-refractivity contribution in [3.63, 3.8) is 0 Å². The van der Waals surface area contributed by atoms with E-state index in [0.29, 0.717) is 5.02 Å². The summed E-state index contributed by atoms with van der Waals surface area (Å²) in [5.41, 5.74) is 1.91. The van der Waals surface area contributed by atoms with Gasteiger partial charge in [-0.25, -0.2) is 9.97 Å². The molecule has 4 nitrogen and oxygen atoms in total.